The third kappa shape index (κ3) is 3.00. The molecule has 0 aliphatic rings. The molecule has 5 nitrogen and oxygen atoms in total. The highest BCUT2D eigenvalue weighted by atomic mass is 35.5. The molecule has 0 aliphatic carbocycles. The number of nitrogens with one attached hydrogen (secondary N) is 2. The molecule has 2 N–H and O–H groups in total. The minimum absolute atomic E-state index is 0.193. The van der Waals surface area contributed by atoms with Crippen LogP contribution in [0.4, 0.5) is 5.69 Å². The van der Waals surface area contributed by atoms with Crippen LogP contribution >= 0.6 is 11.6 Å². The van der Waals surface area contributed by atoms with Crippen LogP contribution < -0.4 is 5.32 Å². The smallest absolute Gasteiger partial charge is 0.255 e. The van der Waals surface area contributed by atoms with E-state index in [9.17, 15) is 4.79 Å². The average Bonchev–Trinajstić information content (AvgIpc) is 3.10. The summed E-state index contributed by atoms with van der Waals surface area (Å²) in [6.45, 7) is 3.92. The van der Waals surface area contributed by atoms with E-state index in [4.69, 9.17) is 11.6 Å². The van der Waals surface area contributed by atoms with Crippen molar-refractivity contribution in [3.8, 4) is 11.3 Å². The predicted molar refractivity (Wildman–Crippen MR) is 109 cm³/mol. The molecule has 2 aromatic heterocycles. The van der Waals surface area contributed by atoms with Crippen LogP contribution in [0.15, 0.2) is 48.5 Å². The number of halogens is 1. The Labute approximate surface area is 162 Å². The molecule has 1 amide bonds. The molecule has 0 atom stereocenters. The van der Waals surface area contributed by atoms with Gasteiger partial charge in [-0.1, -0.05) is 29.8 Å². The van der Waals surface area contributed by atoms with Crippen LogP contribution in [-0.4, -0.2) is 20.7 Å². The summed E-state index contributed by atoms with van der Waals surface area (Å²) in [7, 11) is 1.89. The Morgan fingerprint density at radius 1 is 1.11 bits per heavy atom. The molecular weight excluding hydrogens is 360 g/mol. The van der Waals surface area contributed by atoms with Crippen molar-refractivity contribution in [2.24, 2.45) is 7.05 Å². The van der Waals surface area contributed by atoms with Crippen molar-refractivity contribution in [3.05, 3.63) is 70.5 Å². The summed E-state index contributed by atoms with van der Waals surface area (Å²) in [5.74, 6) is -0.193. The van der Waals surface area contributed by atoms with Gasteiger partial charge in [-0.2, -0.15) is 5.10 Å². The second-order valence-electron chi connectivity index (χ2n) is 6.56. The van der Waals surface area contributed by atoms with Gasteiger partial charge in [0, 0.05) is 39.8 Å². The Morgan fingerprint density at radius 2 is 1.81 bits per heavy atom. The molecule has 0 aliphatic heterocycles. The van der Waals surface area contributed by atoms with Crippen LogP contribution in [0.25, 0.3) is 22.2 Å². The van der Waals surface area contributed by atoms with Crippen LogP contribution in [-0.2, 0) is 7.05 Å². The Kier molecular flexibility index (Phi) is 4.24. The number of amides is 1. The lowest BCUT2D eigenvalue weighted by molar-refractivity contribution is 0.102. The van der Waals surface area contributed by atoms with E-state index in [0.29, 0.717) is 16.3 Å². The van der Waals surface area contributed by atoms with Gasteiger partial charge in [0.2, 0.25) is 0 Å². The molecule has 0 unspecified atom stereocenters. The van der Waals surface area contributed by atoms with Crippen LogP contribution in [0.3, 0.4) is 0 Å². The lowest BCUT2D eigenvalue weighted by atomic mass is 10.1. The molecule has 6 heteroatoms. The zero-order chi connectivity index (χ0) is 19.1. The molecule has 0 spiro atoms. The van der Waals surface area contributed by atoms with E-state index in [-0.39, 0.29) is 5.91 Å². The quantitative estimate of drug-likeness (QED) is 0.521. The number of hydrogen-bond donors (Lipinski definition) is 2. The van der Waals surface area contributed by atoms with Gasteiger partial charge in [-0.05, 0) is 44.2 Å². The number of aromatic amines is 1. The van der Waals surface area contributed by atoms with E-state index in [1.54, 1.807) is 24.3 Å². The van der Waals surface area contributed by atoms with E-state index in [0.717, 1.165) is 33.5 Å². The minimum Gasteiger partial charge on any atom is -0.358 e. The van der Waals surface area contributed by atoms with E-state index in [1.165, 1.54) is 0 Å². The van der Waals surface area contributed by atoms with Crippen molar-refractivity contribution in [1.82, 2.24) is 14.8 Å². The molecule has 27 heavy (non-hydrogen) atoms. The van der Waals surface area contributed by atoms with Crippen LogP contribution in [0.5, 0.6) is 0 Å². The molecule has 2 heterocycles. The van der Waals surface area contributed by atoms with Gasteiger partial charge >= 0.3 is 0 Å². The molecule has 4 rings (SSSR count). The van der Waals surface area contributed by atoms with Gasteiger partial charge in [-0.3, -0.25) is 9.48 Å². The van der Waals surface area contributed by atoms with Crippen molar-refractivity contribution in [1.29, 1.82) is 0 Å². The second-order valence-corrected chi connectivity index (χ2v) is 7.00. The van der Waals surface area contributed by atoms with Gasteiger partial charge in [0.25, 0.3) is 5.91 Å². The highest BCUT2D eigenvalue weighted by Gasteiger charge is 2.22. The Morgan fingerprint density at radius 3 is 2.56 bits per heavy atom. The fourth-order valence-corrected chi connectivity index (χ4v) is 3.59. The number of carbonyl (C=O) groups is 1. The number of rotatable bonds is 3. The lowest BCUT2D eigenvalue weighted by Crippen LogP contribution is -2.13. The van der Waals surface area contributed by atoms with Crippen molar-refractivity contribution >= 4 is 34.1 Å². The minimum atomic E-state index is -0.193. The summed E-state index contributed by atoms with van der Waals surface area (Å²) >= 11 is 5.92. The third-order valence-electron chi connectivity index (χ3n) is 4.70. The van der Waals surface area contributed by atoms with Gasteiger partial charge in [-0.15, -0.1) is 0 Å². The predicted octanol–water partition coefficient (Wildman–Crippen LogP) is 5.09. The topological polar surface area (TPSA) is 62.7 Å². The van der Waals surface area contributed by atoms with Crippen LogP contribution in [0.2, 0.25) is 5.02 Å². The first kappa shape index (κ1) is 17.4. The normalized spacial score (nSPS) is 11.1. The number of aromatic nitrogens is 3. The maximum Gasteiger partial charge on any atom is 0.255 e. The summed E-state index contributed by atoms with van der Waals surface area (Å²) < 4.78 is 1.81. The SMILES string of the molecule is Cc1nn(C)c(-c2c(C)[nH]c3ccccc23)c1NC(=O)c1ccc(Cl)cc1. The zero-order valence-electron chi connectivity index (χ0n) is 15.3. The van der Waals surface area contributed by atoms with Gasteiger partial charge in [0.05, 0.1) is 17.1 Å². The first-order valence-corrected chi connectivity index (χ1v) is 9.01. The van der Waals surface area contributed by atoms with Crippen LogP contribution in [0.1, 0.15) is 21.7 Å². The number of H-pyrrole nitrogens is 1. The Balaban J connectivity index is 1.82. The molecular formula is C21H19ClN4O. The number of benzene rings is 2. The lowest BCUT2D eigenvalue weighted by Gasteiger charge is -2.10. The van der Waals surface area contributed by atoms with E-state index < -0.39 is 0 Å². The number of aryl methyl sites for hydroxylation is 3. The molecule has 136 valence electrons. The number of carbonyl (C=O) groups excluding carboxylic acids is 1. The van der Waals surface area contributed by atoms with Gasteiger partial charge in [0.1, 0.15) is 0 Å². The van der Waals surface area contributed by atoms with Gasteiger partial charge in [-0.25, -0.2) is 0 Å². The number of anilines is 1. The molecule has 0 saturated heterocycles. The van der Waals surface area contributed by atoms with Crippen LogP contribution in [0, 0.1) is 13.8 Å². The largest absolute Gasteiger partial charge is 0.358 e. The Bertz CT molecular complexity index is 1160. The molecule has 0 fully saturated rings. The zero-order valence-corrected chi connectivity index (χ0v) is 16.1. The fraction of sp³-hybridized carbons (Fsp3) is 0.143. The van der Waals surface area contributed by atoms with Crippen molar-refractivity contribution < 1.29 is 4.79 Å². The second kappa shape index (κ2) is 6.59. The van der Waals surface area contributed by atoms with Gasteiger partial charge in [0.15, 0.2) is 0 Å². The van der Waals surface area contributed by atoms with E-state index in [1.807, 2.05) is 43.8 Å². The summed E-state index contributed by atoms with van der Waals surface area (Å²) in [4.78, 5) is 16.2. The first-order chi connectivity index (χ1) is 13.0. The van der Waals surface area contributed by atoms with Crippen molar-refractivity contribution in [2.75, 3.05) is 5.32 Å². The molecule has 0 saturated carbocycles. The Hall–Kier alpha value is -3.05. The number of para-hydroxylation sites is 1. The molecule has 0 bridgehead atoms. The summed E-state index contributed by atoms with van der Waals surface area (Å²) in [6, 6.07) is 14.9. The summed E-state index contributed by atoms with van der Waals surface area (Å²) in [6.07, 6.45) is 0. The summed E-state index contributed by atoms with van der Waals surface area (Å²) in [5.41, 5.74) is 6.03. The number of fused-ring (bicyclic) bond motifs is 1. The van der Waals surface area contributed by atoms with Crippen molar-refractivity contribution in [3.63, 3.8) is 0 Å². The van der Waals surface area contributed by atoms with E-state index in [2.05, 4.69) is 21.5 Å². The molecule has 2 aromatic carbocycles. The monoisotopic (exact) mass is 378 g/mol. The number of hydrogen-bond acceptors (Lipinski definition) is 2. The molecule has 4 aromatic rings. The van der Waals surface area contributed by atoms with Crippen molar-refractivity contribution in [2.45, 2.75) is 13.8 Å². The highest BCUT2D eigenvalue weighted by molar-refractivity contribution is 6.30. The average molecular weight is 379 g/mol. The third-order valence-corrected chi connectivity index (χ3v) is 4.95. The van der Waals surface area contributed by atoms with Gasteiger partial charge < -0.3 is 10.3 Å². The fourth-order valence-electron chi connectivity index (χ4n) is 3.46. The maximum atomic E-state index is 12.8. The summed E-state index contributed by atoms with van der Waals surface area (Å²) in [5, 5.41) is 9.27. The number of nitrogens with zero attached hydrogens (tertiary/aromatic N) is 2. The van der Waals surface area contributed by atoms with E-state index >= 15 is 0 Å². The standard InChI is InChI=1S/C21H19ClN4O/c1-12-18(16-6-4-5-7-17(16)23-12)20-19(13(2)25-26(20)3)24-21(27)14-8-10-15(22)11-9-14/h4-11,23H,1-3H3,(H,24,27). The maximum absolute atomic E-state index is 12.8. The molecule has 0 radical (unpaired) electrons. The first-order valence-electron chi connectivity index (χ1n) is 8.64. The highest BCUT2D eigenvalue weighted by Crippen LogP contribution is 2.38.